The minimum atomic E-state index is -0.763. The molecule has 3 rings (SSSR count). The number of carbonyl (C=O) groups is 2. The van der Waals surface area contributed by atoms with E-state index in [0.29, 0.717) is 10.8 Å². The first-order valence-electron chi connectivity index (χ1n) is 5.06. The van der Waals surface area contributed by atoms with Crippen LogP contribution in [-0.2, 0) is 4.74 Å². The highest BCUT2D eigenvalue weighted by Crippen LogP contribution is 2.33. The number of nitro benzene ring substituents is 1. The molecule has 0 N–H and O–H groups in total. The molecule has 18 heavy (non-hydrogen) atoms. The molecule has 0 aliphatic carbocycles. The second-order valence-corrected chi connectivity index (χ2v) is 3.79. The summed E-state index contributed by atoms with van der Waals surface area (Å²) < 4.78 is 4.49. The number of carbonyl (C=O) groups excluding carboxylic acids is 2. The topological polar surface area (TPSA) is 86.5 Å². The average Bonchev–Trinajstić information content (AvgIpc) is 2.64. The highest BCUT2D eigenvalue weighted by Gasteiger charge is 2.32. The Bertz CT molecular complexity index is 735. The molecule has 6 nitrogen and oxygen atoms in total. The summed E-state index contributed by atoms with van der Waals surface area (Å²) in [4.78, 5) is 33.3. The number of ether oxygens (including phenoxy) is 1. The zero-order chi connectivity index (χ0) is 12.9. The minimum Gasteiger partial charge on any atom is -0.386 e. The van der Waals surface area contributed by atoms with E-state index in [1.54, 1.807) is 6.07 Å². The maximum atomic E-state index is 11.6. The lowest BCUT2D eigenvalue weighted by Gasteiger charge is -2.01. The molecule has 1 aliphatic heterocycles. The van der Waals surface area contributed by atoms with Crippen LogP contribution in [0.4, 0.5) is 5.69 Å². The van der Waals surface area contributed by atoms with Crippen LogP contribution in [0.25, 0.3) is 10.8 Å². The van der Waals surface area contributed by atoms with Gasteiger partial charge in [-0.25, -0.2) is 9.59 Å². The molecule has 0 saturated heterocycles. The summed E-state index contributed by atoms with van der Waals surface area (Å²) >= 11 is 0. The zero-order valence-electron chi connectivity index (χ0n) is 8.88. The zero-order valence-corrected chi connectivity index (χ0v) is 8.88. The van der Waals surface area contributed by atoms with Crippen molar-refractivity contribution in [2.75, 3.05) is 0 Å². The van der Waals surface area contributed by atoms with E-state index < -0.39 is 16.9 Å². The van der Waals surface area contributed by atoms with Crippen LogP contribution in [0.1, 0.15) is 20.7 Å². The molecule has 0 unspecified atom stereocenters. The van der Waals surface area contributed by atoms with Crippen molar-refractivity contribution in [2.45, 2.75) is 0 Å². The molecule has 88 valence electrons. The van der Waals surface area contributed by atoms with Gasteiger partial charge in [-0.15, -0.1) is 0 Å². The summed E-state index contributed by atoms with van der Waals surface area (Å²) in [5, 5.41) is 11.6. The van der Waals surface area contributed by atoms with Gasteiger partial charge in [0, 0.05) is 11.5 Å². The third kappa shape index (κ3) is 1.22. The Balaban J connectivity index is 2.46. The Morgan fingerprint density at radius 3 is 2.50 bits per heavy atom. The van der Waals surface area contributed by atoms with Gasteiger partial charge in [-0.05, 0) is 12.1 Å². The normalized spacial score (nSPS) is 13.6. The summed E-state index contributed by atoms with van der Waals surface area (Å²) in [7, 11) is 0. The largest absolute Gasteiger partial charge is 0.386 e. The lowest BCUT2D eigenvalue weighted by Crippen LogP contribution is -1.97. The number of nitro groups is 1. The van der Waals surface area contributed by atoms with Crippen molar-refractivity contribution in [3.05, 3.63) is 51.6 Å². The Morgan fingerprint density at radius 1 is 1.00 bits per heavy atom. The van der Waals surface area contributed by atoms with Crippen molar-refractivity contribution < 1.29 is 19.2 Å². The van der Waals surface area contributed by atoms with Gasteiger partial charge >= 0.3 is 11.9 Å². The van der Waals surface area contributed by atoms with E-state index in [2.05, 4.69) is 4.74 Å². The van der Waals surface area contributed by atoms with Crippen LogP contribution in [0.15, 0.2) is 30.3 Å². The van der Waals surface area contributed by atoms with E-state index in [-0.39, 0.29) is 16.8 Å². The van der Waals surface area contributed by atoms with Crippen molar-refractivity contribution in [1.29, 1.82) is 0 Å². The third-order valence-electron chi connectivity index (χ3n) is 2.84. The Morgan fingerprint density at radius 2 is 1.78 bits per heavy atom. The van der Waals surface area contributed by atoms with E-state index >= 15 is 0 Å². The molecule has 0 fully saturated rings. The van der Waals surface area contributed by atoms with Gasteiger partial charge in [-0.2, -0.15) is 0 Å². The quantitative estimate of drug-likeness (QED) is 0.331. The molecule has 0 radical (unpaired) electrons. The average molecular weight is 243 g/mol. The van der Waals surface area contributed by atoms with Gasteiger partial charge in [0.15, 0.2) is 0 Å². The number of hydrogen-bond donors (Lipinski definition) is 0. The van der Waals surface area contributed by atoms with E-state index in [1.807, 2.05) is 0 Å². The van der Waals surface area contributed by atoms with Crippen molar-refractivity contribution in [3.8, 4) is 0 Å². The van der Waals surface area contributed by atoms with Crippen molar-refractivity contribution in [3.63, 3.8) is 0 Å². The third-order valence-corrected chi connectivity index (χ3v) is 2.84. The molecule has 0 amide bonds. The molecular formula is C12H5NO5. The van der Waals surface area contributed by atoms with Crippen LogP contribution in [0, 0.1) is 10.1 Å². The summed E-state index contributed by atoms with van der Waals surface area (Å²) in [6, 6.07) is 7.19. The molecule has 0 spiro atoms. The van der Waals surface area contributed by atoms with Gasteiger partial charge in [-0.1, -0.05) is 12.1 Å². The number of rotatable bonds is 1. The predicted molar refractivity (Wildman–Crippen MR) is 60.3 cm³/mol. The Kier molecular flexibility index (Phi) is 1.94. The van der Waals surface area contributed by atoms with Gasteiger partial charge in [0.25, 0.3) is 5.69 Å². The number of nitrogens with zero attached hydrogens (tertiary/aromatic N) is 1. The number of benzene rings is 2. The maximum absolute atomic E-state index is 11.6. The first-order chi connectivity index (χ1) is 8.59. The van der Waals surface area contributed by atoms with Crippen LogP contribution in [-0.4, -0.2) is 16.9 Å². The van der Waals surface area contributed by atoms with E-state index in [4.69, 9.17) is 0 Å². The molecule has 0 atom stereocenters. The second-order valence-electron chi connectivity index (χ2n) is 3.79. The smallest absolute Gasteiger partial charge is 0.347 e. The number of cyclic esters (lactones) is 2. The fourth-order valence-corrected chi connectivity index (χ4v) is 2.08. The molecule has 0 bridgehead atoms. The van der Waals surface area contributed by atoms with Gasteiger partial charge in [0.1, 0.15) is 0 Å². The van der Waals surface area contributed by atoms with Crippen LogP contribution in [0.3, 0.4) is 0 Å². The SMILES string of the molecule is O=C1OC(=O)c2c1ccc1c([N+](=O)[O-])cccc21. The lowest BCUT2D eigenvalue weighted by molar-refractivity contribution is -0.383. The van der Waals surface area contributed by atoms with Gasteiger partial charge < -0.3 is 4.74 Å². The monoisotopic (exact) mass is 243 g/mol. The summed E-state index contributed by atoms with van der Waals surface area (Å²) in [6.45, 7) is 0. The van der Waals surface area contributed by atoms with E-state index in [0.717, 1.165) is 0 Å². The van der Waals surface area contributed by atoms with Crippen LogP contribution in [0.5, 0.6) is 0 Å². The molecule has 0 aromatic heterocycles. The lowest BCUT2D eigenvalue weighted by atomic mass is 9.99. The predicted octanol–water partition coefficient (Wildman–Crippen LogP) is 2.06. The highest BCUT2D eigenvalue weighted by molar-refractivity contribution is 6.21. The Hall–Kier alpha value is -2.76. The Labute approximate surface area is 99.9 Å². The minimum absolute atomic E-state index is 0.0983. The van der Waals surface area contributed by atoms with Crippen molar-refractivity contribution in [2.24, 2.45) is 0 Å². The first kappa shape index (κ1) is 10.4. The first-order valence-corrected chi connectivity index (χ1v) is 5.06. The molecule has 2 aromatic carbocycles. The van der Waals surface area contributed by atoms with Crippen LogP contribution >= 0.6 is 0 Å². The van der Waals surface area contributed by atoms with Crippen molar-refractivity contribution >= 4 is 28.4 Å². The summed E-state index contributed by atoms with van der Waals surface area (Å²) in [5.41, 5.74) is 0.136. The molecular weight excluding hydrogens is 238 g/mol. The van der Waals surface area contributed by atoms with Crippen molar-refractivity contribution in [1.82, 2.24) is 0 Å². The standard InChI is InChI=1S/C12H5NO5/c14-11-8-5-4-6-7(10(8)12(15)18-11)2-1-3-9(6)13(16)17/h1-5H. The molecule has 2 aromatic rings. The van der Waals surface area contributed by atoms with Gasteiger partial charge in [0.2, 0.25) is 0 Å². The second kappa shape index (κ2) is 3.36. The van der Waals surface area contributed by atoms with E-state index in [1.165, 1.54) is 24.3 Å². The number of hydrogen-bond acceptors (Lipinski definition) is 5. The van der Waals surface area contributed by atoms with Crippen LogP contribution < -0.4 is 0 Å². The molecule has 1 aliphatic rings. The maximum Gasteiger partial charge on any atom is 0.347 e. The number of non-ortho nitro benzene ring substituents is 1. The highest BCUT2D eigenvalue weighted by atomic mass is 16.6. The fourth-order valence-electron chi connectivity index (χ4n) is 2.08. The fraction of sp³-hybridized carbons (Fsp3) is 0. The molecule has 0 saturated carbocycles. The van der Waals surface area contributed by atoms with Gasteiger partial charge in [-0.3, -0.25) is 10.1 Å². The van der Waals surface area contributed by atoms with Crippen LogP contribution in [0.2, 0.25) is 0 Å². The summed E-state index contributed by atoms with van der Waals surface area (Å²) in [5.74, 6) is -1.48. The number of fused-ring (bicyclic) bond motifs is 3. The van der Waals surface area contributed by atoms with E-state index in [9.17, 15) is 19.7 Å². The summed E-state index contributed by atoms with van der Waals surface area (Å²) in [6.07, 6.45) is 0. The molecule has 1 heterocycles. The van der Waals surface area contributed by atoms with Gasteiger partial charge in [0.05, 0.1) is 21.4 Å². The number of esters is 2. The molecule has 6 heteroatoms.